The molecule has 3 rings (SSSR count). The molecule has 1 fully saturated rings. The molecular formula is C16H19N3. The summed E-state index contributed by atoms with van der Waals surface area (Å²) in [5, 5.41) is 8.99. The molecule has 0 saturated heterocycles. The normalized spacial score (nSPS) is 16.6. The van der Waals surface area contributed by atoms with Crippen molar-refractivity contribution in [2.75, 3.05) is 0 Å². The molecule has 1 aliphatic carbocycles. The van der Waals surface area contributed by atoms with Crippen molar-refractivity contribution in [3.05, 3.63) is 29.6 Å². The summed E-state index contributed by atoms with van der Waals surface area (Å²) in [7, 11) is 0. The first kappa shape index (κ1) is 12.2. The molecule has 0 radical (unpaired) electrons. The van der Waals surface area contributed by atoms with E-state index in [1.165, 1.54) is 43.4 Å². The minimum absolute atomic E-state index is 0.603. The Bertz CT molecular complexity index is 627. The van der Waals surface area contributed by atoms with E-state index in [0.29, 0.717) is 11.5 Å². The highest BCUT2D eigenvalue weighted by atomic mass is 15.1. The Morgan fingerprint density at radius 3 is 2.79 bits per heavy atom. The van der Waals surface area contributed by atoms with E-state index in [9.17, 15) is 0 Å². The van der Waals surface area contributed by atoms with E-state index >= 15 is 0 Å². The van der Waals surface area contributed by atoms with Crippen LogP contribution in [0.15, 0.2) is 18.2 Å². The average Bonchev–Trinajstić information content (AvgIpc) is 2.85. The third kappa shape index (κ3) is 2.12. The molecule has 0 bridgehead atoms. The fraction of sp³-hybridized carbons (Fsp3) is 0.500. The zero-order chi connectivity index (χ0) is 13.2. The maximum absolute atomic E-state index is 8.99. The molecule has 1 heterocycles. The van der Waals surface area contributed by atoms with Gasteiger partial charge in [-0.3, -0.25) is 0 Å². The maximum atomic E-state index is 8.99. The molecular weight excluding hydrogens is 234 g/mol. The molecule has 0 spiro atoms. The van der Waals surface area contributed by atoms with Crippen LogP contribution in [0.5, 0.6) is 0 Å². The van der Waals surface area contributed by atoms with Gasteiger partial charge in [0.05, 0.1) is 22.7 Å². The second-order valence-corrected chi connectivity index (χ2v) is 5.36. The Hall–Kier alpha value is -1.82. The van der Waals surface area contributed by atoms with E-state index in [1.807, 2.05) is 18.2 Å². The summed E-state index contributed by atoms with van der Waals surface area (Å²) in [4.78, 5) is 4.83. The van der Waals surface area contributed by atoms with Crippen LogP contribution in [0.25, 0.3) is 11.0 Å². The second-order valence-electron chi connectivity index (χ2n) is 5.36. The summed E-state index contributed by atoms with van der Waals surface area (Å²) < 4.78 is 2.33. The SMILES string of the molecule is CCn1c(C2CCCCC2)nc2cc(C#N)ccc21. The number of nitrogens with zero attached hydrogens (tertiary/aromatic N) is 3. The molecule has 0 aliphatic heterocycles. The summed E-state index contributed by atoms with van der Waals surface area (Å²) in [5.74, 6) is 1.83. The summed E-state index contributed by atoms with van der Waals surface area (Å²) >= 11 is 0. The highest BCUT2D eigenvalue weighted by Crippen LogP contribution is 2.34. The van der Waals surface area contributed by atoms with Gasteiger partial charge in [0.1, 0.15) is 5.82 Å². The van der Waals surface area contributed by atoms with Crippen molar-refractivity contribution in [1.82, 2.24) is 9.55 Å². The van der Waals surface area contributed by atoms with Gasteiger partial charge in [-0.05, 0) is 38.0 Å². The van der Waals surface area contributed by atoms with Gasteiger partial charge < -0.3 is 4.57 Å². The van der Waals surface area contributed by atoms with E-state index in [2.05, 4.69) is 17.6 Å². The molecule has 19 heavy (non-hydrogen) atoms. The summed E-state index contributed by atoms with van der Waals surface area (Å²) in [5.41, 5.74) is 2.84. The van der Waals surface area contributed by atoms with Crippen molar-refractivity contribution in [1.29, 1.82) is 5.26 Å². The maximum Gasteiger partial charge on any atom is 0.112 e. The van der Waals surface area contributed by atoms with Crippen LogP contribution in [0.4, 0.5) is 0 Å². The number of aromatic nitrogens is 2. The lowest BCUT2D eigenvalue weighted by Crippen LogP contribution is -2.11. The van der Waals surface area contributed by atoms with Crippen LogP contribution >= 0.6 is 0 Å². The van der Waals surface area contributed by atoms with Gasteiger partial charge in [-0.15, -0.1) is 0 Å². The number of imidazole rings is 1. The quantitative estimate of drug-likeness (QED) is 0.812. The van der Waals surface area contributed by atoms with Crippen molar-refractivity contribution in [3.8, 4) is 6.07 Å². The third-order valence-electron chi connectivity index (χ3n) is 4.19. The molecule has 0 N–H and O–H groups in total. The fourth-order valence-corrected chi connectivity index (χ4v) is 3.22. The average molecular weight is 253 g/mol. The van der Waals surface area contributed by atoms with Crippen molar-refractivity contribution in [3.63, 3.8) is 0 Å². The minimum Gasteiger partial charge on any atom is -0.328 e. The lowest BCUT2D eigenvalue weighted by atomic mass is 9.88. The number of fused-ring (bicyclic) bond motifs is 1. The zero-order valence-corrected chi connectivity index (χ0v) is 11.4. The van der Waals surface area contributed by atoms with Crippen molar-refractivity contribution in [2.24, 2.45) is 0 Å². The van der Waals surface area contributed by atoms with E-state index in [4.69, 9.17) is 10.2 Å². The lowest BCUT2D eigenvalue weighted by molar-refractivity contribution is 0.419. The third-order valence-corrected chi connectivity index (χ3v) is 4.19. The Labute approximate surface area is 113 Å². The molecule has 0 amide bonds. The van der Waals surface area contributed by atoms with Crippen LogP contribution in [0.1, 0.15) is 56.3 Å². The molecule has 1 aromatic heterocycles. The monoisotopic (exact) mass is 253 g/mol. The Morgan fingerprint density at radius 2 is 2.11 bits per heavy atom. The van der Waals surface area contributed by atoms with E-state index in [-0.39, 0.29) is 0 Å². The molecule has 3 nitrogen and oxygen atoms in total. The van der Waals surface area contributed by atoms with E-state index in [0.717, 1.165) is 12.1 Å². The number of hydrogen-bond donors (Lipinski definition) is 0. The molecule has 2 aromatic rings. The lowest BCUT2D eigenvalue weighted by Gasteiger charge is -2.21. The van der Waals surface area contributed by atoms with Gasteiger partial charge in [0.15, 0.2) is 0 Å². The van der Waals surface area contributed by atoms with Gasteiger partial charge in [0.2, 0.25) is 0 Å². The van der Waals surface area contributed by atoms with Crippen LogP contribution in [0, 0.1) is 11.3 Å². The van der Waals surface area contributed by atoms with Crippen LogP contribution in [-0.4, -0.2) is 9.55 Å². The first-order valence-electron chi connectivity index (χ1n) is 7.23. The molecule has 1 aromatic carbocycles. The van der Waals surface area contributed by atoms with E-state index in [1.54, 1.807) is 0 Å². The van der Waals surface area contributed by atoms with Gasteiger partial charge in [0.25, 0.3) is 0 Å². The molecule has 0 atom stereocenters. The van der Waals surface area contributed by atoms with Crippen LogP contribution in [-0.2, 0) is 6.54 Å². The van der Waals surface area contributed by atoms with E-state index < -0.39 is 0 Å². The number of hydrogen-bond acceptors (Lipinski definition) is 2. The zero-order valence-electron chi connectivity index (χ0n) is 11.4. The smallest absolute Gasteiger partial charge is 0.112 e. The van der Waals surface area contributed by atoms with Crippen LogP contribution < -0.4 is 0 Å². The topological polar surface area (TPSA) is 41.6 Å². The van der Waals surface area contributed by atoms with Crippen molar-refractivity contribution < 1.29 is 0 Å². The fourth-order valence-electron chi connectivity index (χ4n) is 3.22. The van der Waals surface area contributed by atoms with Crippen molar-refractivity contribution in [2.45, 2.75) is 51.5 Å². The first-order chi connectivity index (χ1) is 9.33. The second kappa shape index (κ2) is 5.05. The molecule has 1 saturated carbocycles. The number of benzene rings is 1. The van der Waals surface area contributed by atoms with Crippen molar-refractivity contribution >= 4 is 11.0 Å². The number of aryl methyl sites for hydroxylation is 1. The predicted octanol–water partition coefficient (Wildman–Crippen LogP) is 3.98. The molecule has 0 unspecified atom stereocenters. The Balaban J connectivity index is 2.10. The van der Waals surface area contributed by atoms with Gasteiger partial charge in [0, 0.05) is 12.5 Å². The summed E-state index contributed by atoms with van der Waals surface area (Å²) in [6.45, 7) is 3.12. The largest absolute Gasteiger partial charge is 0.328 e. The molecule has 1 aliphatic rings. The Kier molecular flexibility index (Phi) is 3.25. The minimum atomic E-state index is 0.603. The highest BCUT2D eigenvalue weighted by Gasteiger charge is 2.21. The number of nitriles is 1. The predicted molar refractivity (Wildman–Crippen MR) is 75.9 cm³/mol. The standard InChI is InChI=1S/C16H19N3/c1-2-19-15-9-8-12(11-17)10-14(15)18-16(19)13-6-4-3-5-7-13/h8-10,13H,2-7H2,1H3. The van der Waals surface area contributed by atoms with Crippen LogP contribution in [0.3, 0.4) is 0 Å². The highest BCUT2D eigenvalue weighted by molar-refractivity contribution is 5.77. The van der Waals surface area contributed by atoms with Gasteiger partial charge in [-0.1, -0.05) is 19.3 Å². The molecule has 98 valence electrons. The van der Waals surface area contributed by atoms with Gasteiger partial charge in [-0.25, -0.2) is 4.98 Å². The van der Waals surface area contributed by atoms with Gasteiger partial charge >= 0.3 is 0 Å². The Morgan fingerprint density at radius 1 is 1.32 bits per heavy atom. The number of rotatable bonds is 2. The summed E-state index contributed by atoms with van der Waals surface area (Å²) in [6.07, 6.45) is 6.52. The summed E-state index contributed by atoms with van der Waals surface area (Å²) in [6, 6.07) is 8.03. The molecule has 3 heteroatoms. The van der Waals surface area contributed by atoms with Crippen LogP contribution in [0.2, 0.25) is 0 Å². The van der Waals surface area contributed by atoms with Gasteiger partial charge in [-0.2, -0.15) is 5.26 Å². The first-order valence-corrected chi connectivity index (χ1v) is 7.23.